The van der Waals surface area contributed by atoms with Crippen LogP contribution in [0.2, 0.25) is 5.02 Å². The van der Waals surface area contributed by atoms with Gasteiger partial charge in [0.15, 0.2) is 0 Å². The van der Waals surface area contributed by atoms with Crippen LogP contribution < -0.4 is 5.32 Å². The highest BCUT2D eigenvalue weighted by Gasteiger charge is 2.04. The molecule has 3 nitrogen and oxygen atoms in total. The fourth-order valence-corrected chi connectivity index (χ4v) is 2.80. The van der Waals surface area contributed by atoms with Crippen molar-refractivity contribution in [2.75, 3.05) is 20.3 Å². The molecule has 0 heterocycles. The number of hydrogen-bond acceptors (Lipinski definition) is 3. The minimum atomic E-state index is -0.0750. The highest BCUT2D eigenvalue weighted by molar-refractivity contribution is 7.98. The van der Waals surface area contributed by atoms with Gasteiger partial charge in [-0.1, -0.05) is 23.7 Å². The third-order valence-corrected chi connectivity index (χ3v) is 4.36. The number of hydrogen-bond donors (Lipinski definition) is 1. The first-order chi connectivity index (χ1) is 10.7. The number of methoxy groups -OCH3 is 1. The molecule has 0 aliphatic rings. The summed E-state index contributed by atoms with van der Waals surface area (Å²) >= 11 is 7.60. The Bertz CT molecular complexity index is 599. The van der Waals surface area contributed by atoms with E-state index in [-0.39, 0.29) is 5.91 Å². The molecule has 0 aromatic heterocycles. The average Bonchev–Trinajstić information content (AvgIpc) is 2.55. The van der Waals surface area contributed by atoms with Crippen molar-refractivity contribution < 1.29 is 9.53 Å². The van der Waals surface area contributed by atoms with Crippen molar-refractivity contribution in [1.82, 2.24) is 5.32 Å². The summed E-state index contributed by atoms with van der Waals surface area (Å²) in [6.45, 7) is 1.03. The van der Waals surface area contributed by atoms with Crippen molar-refractivity contribution >= 4 is 29.3 Å². The number of carbonyl (C=O) groups excluding carboxylic acids is 1. The molecule has 22 heavy (non-hydrogen) atoms. The summed E-state index contributed by atoms with van der Waals surface area (Å²) in [4.78, 5) is 13.0. The van der Waals surface area contributed by atoms with Gasteiger partial charge in [-0.15, -0.1) is 11.8 Å². The van der Waals surface area contributed by atoms with E-state index in [0.717, 1.165) is 10.8 Å². The van der Waals surface area contributed by atoms with Crippen molar-refractivity contribution in [1.29, 1.82) is 0 Å². The zero-order valence-corrected chi connectivity index (χ0v) is 13.9. The highest BCUT2D eigenvalue weighted by Crippen LogP contribution is 2.24. The molecule has 0 unspecified atom stereocenters. The second-order valence-electron chi connectivity index (χ2n) is 4.69. The molecule has 0 saturated heterocycles. The van der Waals surface area contributed by atoms with Crippen LogP contribution in [0.15, 0.2) is 53.4 Å². The van der Waals surface area contributed by atoms with Gasteiger partial charge in [-0.2, -0.15) is 0 Å². The number of amides is 1. The summed E-state index contributed by atoms with van der Waals surface area (Å²) in [6, 6.07) is 15.4. The van der Waals surface area contributed by atoms with Crippen LogP contribution >= 0.6 is 23.4 Å². The predicted molar refractivity (Wildman–Crippen MR) is 91.7 cm³/mol. The highest BCUT2D eigenvalue weighted by atomic mass is 35.5. The zero-order valence-electron chi connectivity index (χ0n) is 12.3. The van der Waals surface area contributed by atoms with Crippen LogP contribution in [-0.4, -0.2) is 26.2 Å². The maximum atomic E-state index is 11.9. The second kappa shape index (κ2) is 8.83. The molecule has 116 valence electrons. The minimum absolute atomic E-state index is 0.0750. The van der Waals surface area contributed by atoms with Gasteiger partial charge in [0, 0.05) is 34.9 Å². The smallest absolute Gasteiger partial charge is 0.251 e. The average molecular weight is 336 g/mol. The van der Waals surface area contributed by atoms with E-state index in [1.807, 2.05) is 48.5 Å². The molecule has 5 heteroatoms. The van der Waals surface area contributed by atoms with Crippen LogP contribution in [0.1, 0.15) is 15.9 Å². The Morgan fingerprint density at radius 1 is 1.14 bits per heavy atom. The van der Waals surface area contributed by atoms with Crippen LogP contribution in [0, 0.1) is 0 Å². The Hall–Kier alpha value is -1.49. The zero-order chi connectivity index (χ0) is 15.8. The third-order valence-electron chi connectivity index (χ3n) is 3.03. The summed E-state index contributed by atoms with van der Waals surface area (Å²) in [6.07, 6.45) is 0. The Morgan fingerprint density at radius 3 is 2.45 bits per heavy atom. The van der Waals surface area contributed by atoms with E-state index in [0.29, 0.717) is 18.7 Å². The van der Waals surface area contributed by atoms with Crippen LogP contribution in [0.25, 0.3) is 0 Å². The van der Waals surface area contributed by atoms with E-state index < -0.39 is 0 Å². The quantitative estimate of drug-likeness (QED) is 0.613. The molecule has 0 aliphatic carbocycles. The predicted octanol–water partition coefficient (Wildman–Crippen LogP) is 4.01. The maximum Gasteiger partial charge on any atom is 0.251 e. The molecule has 0 atom stereocenters. The molecule has 2 aromatic rings. The minimum Gasteiger partial charge on any atom is -0.383 e. The van der Waals surface area contributed by atoms with E-state index in [4.69, 9.17) is 16.3 Å². The fraction of sp³-hybridized carbons (Fsp3) is 0.235. The van der Waals surface area contributed by atoms with E-state index in [1.54, 1.807) is 18.9 Å². The summed E-state index contributed by atoms with van der Waals surface area (Å²) in [7, 11) is 1.61. The van der Waals surface area contributed by atoms with Gasteiger partial charge in [0.1, 0.15) is 0 Å². The van der Waals surface area contributed by atoms with Crippen molar-refractivity contribution in [2.24, 2.45) is 0 Å². The molecule has 2 rings (SSSR count). The molecular formula is C17H18ClNO2S. The largest absolute Gasteiger partial charge is 0.383 e. The molecule has 0 saturated carbocycles. The van der Waals surface area contributed by atoms with Crippen molar-refractivity contribution in [3.05, 3.63) is 64.7 Å². The van der Waals surface area contributed by atoms with E-state index in [1.165, 1.54) is 10.5 Å². The SMILES string of the molecule is COCCNC(=O)c1ccc(CSc2ccc(Cl)cc2)cc1. The molecule has 0 aliphatic heterocycles. The van der Waals surface area contributed by atoms with Crippen LogP contribution in [0.4, 0.5) is 0 Å². The Labute approximate surface area is 140 Å². The molecule has 1 N–H and O–H groups in total. The molecule has 0 spiro atoms. The number of rotatable bonds is 7. The Morgan fingerprint density at radius 2 is 1.82 bits per heavy atom. The summed E-state index contributed by atoms with van der Waals surface area (Å²) in [5, 5.41) is 3.54. The first-order valence-electron chi connectivity index (χ1n) is 6.93. The molecule has 1 amide bonds. The molecule has 0 radical (unpaired) electrons. The fourth-order valence-electron chi connectivity index (χ4n) is 1.82. The van der Waals surface area contributed by atoms with E-state index in [9.17, 15) is 4.79 Å². The topological polar surface area (TPSA) is 38.3 Å². The van der Waals surface area contributed by atoms with Crippen molar-refractivity contribution in [3.8, 4) is 0 Å². The Kier molecular flexibility index (Phi) is 6.77. The lowest BCUT2D eigenvalue weighted by Gasteiger charge is -2.06. The lowest BCUT2D eigenvalue weighted by atomic mass is 10.1. The van der Waals surface area contributed by atoms with Gasteiger partial charge in [-0.3, -0.25) is 4.79 Å². The maximum absolute atomic E-state index is 11.9. The van der Waals surface area contributed by atoms with Crippen molar-refractivity contribution in [3.63, 3.8) is 0 Å². The second-order valence-corrected chi connectivity index (χ2v) is 6.17. The van der Waals surface area contributed by atoms with Gasteiger partial charge < -0.3 is 10.1 Å². The number of halogens is 1. The van der Waals surface area contributed by atoms with Gasteiger partial charge in [0.2, 0.25) is 0 Å². The molecule has 0 fully saturated rings. The van der Waals surface area contributed by atoms with E-state index >= 15 is 0 Å². The molecule has 2 aromatic carbocycles. The van der Waals surface area contributed by atoms with Gasteiger partial charge >= 0.3 is 0 Å². The summed E-state index contributed by atoms with van der Waals surface area (Å²) in [5.74, 6) is 0.779. The van der Waals surface area contributed by atoms with E-state index in [2.05, 4.69) is 5.32 Å². The van der Waals surface area contributed by atoms with Crippen LogP contribution in [0.5, 0.6) is 0 Å². The number of carbonyl (C=O) groups is 1. The monoisotopic (exact) mass is 335 g/mol. The molecule has 0 bridgehead atoms. The first kappa shape index (κ1) is 16.9. The van der Waals surface area contributed by atoms with Gasteiger partial charge in [-0.05, 0) is 42.0 Å². The summed E-state index contributed by atoms with van der Waals surface area (Å²) < 4.78 is 4.90. The van der Waals surface area contributed by atoms with Gasteiger partial charge in [-0.25, -0.2) is 0 Å². The molecular weight excluding hydrogens is 318 g/mol. The number of benzene rings is 2. The van der Waals surface area contributed by atoms with Crippen LogP contribution in [-0.2, 0) is 10.5 Å². The first-order valence-corrected chi connectivity index (χ1v) is 8.30. The van der Waals surface area contributed by atoms with Crippen LogP contribution in [0.3, 0.4) is 0 Å². The number of thioether (sulfide) groups is 1. The number of nitrogens with one attached hydrogen (secondary N) is 1. The third kappa shape index (κ3) is 5.37. The lowest BCUT2D eigenvalue weighted by molar-refractivity contribution is 0.0937. The lowest BCUT2D eigenvalue weighted by Crippen LogP contribution is -2.26. The standard InChI is InChI=1S/C17H18ClNO2S/c1-21-11-10-19-17(20)14-4-2-13(3-5-14)12-22-16-8-6-15(18)7-9-16/h2-9H,10-12H2,1H3,(H,19,20). The normalized spacial score (nSPS) is 10.5. The number of ether oxygens (including phenoxy) is 1. The Balaban J connectivity index is 1.86. The van der Waals surface area contributed by atoms with Gasteiger partial charge in [0.05, 0.1) is 6.61 Å². The van der Waals surface area contributed by atoms with Crippen molar-refractivity contribution in [2.45, 2.75) is 10.6 Å². The van der Waals surface area contributed by atoms with Gasteiger partial charge in [0.25, 0.3) is 5.91 Å². The summed E-state index contributed by atoms with van der Waals surface area (Å²) in [5.41, 5.74) is 1.84.